The zero-order valence-corrected chi connectivity index (χ0v) is 11.3. The predicted molar refractivity (Wildman–Crippen MR) is 71.4 cm³/mol. The molecule has 6 heteroatoms. The van der Waals surface area contributed by atoms with Crippen molar-refractivity contribution in [3.8, 4) is 0 Å². The predicted octanol–water partition coefficient (Wildman–Crippen LogP) is -0.315. The van der Waals surface area contributed by atoms with Crippen LogP contribution in [0.3, 0.4) is 0 Å². The Hall–Kier alpha value is -1.69. The van der Waals surface area contributed by atoms with E-state index in [2.05, 4.69) is 18.8 Å². The molecule has 2 rings (SSSR count). The maximum absolute atomic E-state index is 12.2. The van der Waals surface area contributed by atoms with Gasteiger partial charge >= 0.3 is 5.69 Å². The molecule has 0 bridgehead atoms. The molecule has 104 valence electrons. The van der Waals surface area contributed by atoms with Crippen LogP contribution in [0.15, 0.2) is 23.3 Å². The average Bonchev–Trinajstić information content (AvgIpc) is 2.74. The van der Waals surface area contributed by atoms with Crippen molar-refractivity contribution in [2.75, 3.05) is 13.1 Å². The van der Waals surface area contributed by atoms with Gasteiger partial charge in [0.15, 0.2) is 0 Å². The van der Waals surface area contributed by atoms with Gasteiger partial charge in [-0.05, 0) is 17.9 Å². The number of amides is 1. The molecule has 6 nitrogen and oxygen atoms in total. The molecule has 2 atom stereocenters. The second-order valence-corrected chi connectivity index (χ2v) is 5.40. The number of carbonyl (C=O) groups excluding carboxylic acids is 1. The van der Waals surface area contributed by atoms with Crippen molar-refractivity contribution >= 4 is 5.91 Å². The largest absolute Gasteiger partial charge is 0.347 e. The van der Waals surface area contributed by atoms with Crippen molar-refractivity contribution in [2.45, 2.75) is 26.4 Å². The third-order valence-electron chi connectivity index (χ3n) is 3.71. The molecule has 1 aromatic rings. The lowest BCUT2D eigenvalue weighted by Crippen LogP contribution is -2.36. The molecule has 2 N–H and O–H groups in total. The van der Waals surface area contributed by atoms with Crippen molar-refractivity contribution in [1.29, 1.82) is 0 Å². The van der Waals surface area contributed by atoms with Crippen LogP contribution in [0.4, 0.5) is 0 Å². The van der Waals surface area contributed by atoms with Crippen LogP contribution in [-0.2, 0) is 11.3 Å². The first-order valence-electron chi connectivity index (χ1n) is 6.54. The summed E-state index contributed by atoms with van der Waals surface area (Å²) < 4.78 is 1.32. The molecule has 0 unspecified atom stereocenters. The molecule has 0 radical (unpaired) electrons. The Morgan fingerprint density at radius 3 is 2.84 bits per heavy atom. The van der Waals surface area contributed by atoms with Crippen molar-refractivity contribution in [2.24, 2.45) is 17.6 Å². The van der Waals surface area contributed by atoms with Gasteiger partial charge in [0.25, 0.3) is 0 Å². The molecule has 19 heavy (non-hydrogen) atoms. The number of hydrogen-bond donors (Lipinski definition) is 1. The summed E-state index contributed by atoms with van der Waals surface area (Å²) in [4.78, 5) is 29.0. The Kier molecular flexibility index (Phi) is 3.99. The summed E-state index contributed by atoms with van der Waals surface area (Å²) in [6.07, 6.45) is 2.99. The number of likely N-dealkylation sites (tertiary alicyclic amines) is 1. The van der Waals surface area contributed by atoms with E-state index < -0.39 is 5.69 Å². The molecule has 1 amide bonds. The highest BCUT2D eigenvalue weighted by molar-refractivity contribution is 5.76. The minimum atomic E-state index is -0.403. The number of rotatable bonds is 3. The van der Waals surface area contributed by atoms with Gasteiger partial charge in [-0.15, -0.1) is 0 Å². The summed E-state index contributed by atoms with van der Waals surface area (Å²) >= 11 is 0. The molecule has 0 saturated carbocycles. The fourth-order valence-electron chi connectivity index (χ4n) is 2.52. The number of hydrogen-bond acceptors (Lipinski definition) is 4. The first kappa shape index (κ1) is 13.7. The first-order valence-corrected chi connectivity index (χ1v) is 6.54. The van der Waals surface area contributed by atoms with Gasteiger partial charge in [0, 0.05) is 31.5 Å². The van der Waals surface area contributed by atoms with Gasteiger partial charge in [0.05, 0.1) is 0 Å². The number of carbonyl (C=O) groups is 1. The van der Waals surface area contributed by atoms with E-state index in [0.29, 0.717) is 24.9 Å². The topological polar surface area (TPSA) is 81.2 Å². The Morgan fingerprint density at radius 2 is 2.26 bits per heavy atom. The highest BCUT2D eigenvalue weighted by atomic mass is 16.2. The van der Waals surface area contributed by atoms with Crippen LogP contribution in [0.1, 0.15) is 13.8 Å². The number of nitrogens with zero attached hydrogens (tertiary/aromatic N) is 3. The lowest BCUT2D eigenvalue weighted by molar-refractivity contribution is -0.131. The fraction of sp³-hybridized carbons (Fsp3) is 0.615. The van der Waals surface area contributed by atoms with Gasteiger partial charge in [-0.25, -0.2) is 9.78 Å². The highest BCUT2D eigenvalue weighted by Gasteiger charge is 2.34. The molecule has 1 aliphatic rings. The molecule has 0 aromatic carbocycles. The molecule has 1 aromatic heterocycles. The van der Waals surface area contributed by atoms with Gasteiger partial charge in [0.1, 0.15) is 6.54 Å². The quantitative estimate of drug-likeness (QED) is 0.811. The van der Waals surface area contributed by atoms with Gasteiger partial charge in [0.2, 0.25) is 5.91 Å². The highest BCUT2D eigenvalue weighted by Crippen LogP contribution is 2.23. The third kappa shape index (κ3) is 3.01. The second-order valence-electron chi connectivity index (χ2n) is 5.40. The van der Waals surface area contributed by atoms with E-state index in [1.807, 2.05) is 0 Å². The van der Waals surface area contributed by atoms with Gasteiger partial charge in [-0.2, -0.15) is 0 Å². The minimum Gasteiger partial charge on any atom is -0.339 e. The molecular formula is C13H20N4O2. The fourth-order valence-corrected chi connectivity index (χ4v) is 2.52. The number of nitrogens with two attached hydrogens (primary N) is 1. The second kappa shape index (κ2) is 5.52. The van der Waals surface area contributed by atoms with Crippen LogP contribution >= 0.6 is 0 Å². The van der Waals surface area contributed by atoms with E-state index >= 15 is 0 Å². The van der Waals surface area contributed by atoms with Crippen LogP contribution in [-0.4, -0.2) is 39.5 Å². The minimum absolute atomic E-state index is 0.0228. The lowest BCUT2D eigenvalue weighted by atomic mass is 9.92. The lowest BCUT2D eigenvalue weighted by Gasteiger charge is -2.18. The molecule has 0 aliphatic carbocycles. The van der Waals surface area contributed by atoms with Gasteiger partial charge in [-0.1, -0.05) is 13.8 Å². The molecule has 1 aliphatic heterocycles. The summed E-state index contributed by atoms with van der Waals surface area (Å²) in [5.74, 6) is 0.706. The maximum Gasteiger partial charge on any atom is 0.347 e. The molecule has 1 saturated heterocycles. The van der Waals surface area contributed by atoms with Crippen LogP contribution in [0.25, 0.3) is 0 Å². The van der Waals surface area contributed by atoms with E-state index in [-0.39, 0.29) is 18.5 Å². The normalized spacial score (nSPS) is 23.1. The smallest absolute Gasteiger partial charge is 0.339 e. The molecular weight excluding hydrogens is 244 g/mol. The summed E-state index contributed by atoms with van der Waals surface area (Å²) in [7, 11) is 0. The number of aromatic nitrogens is 2. The van der Waals surface area contributed by atoms with E-state index in [9.17, 15) is 9.59 Å². The van der Waals surface area contributed by atoms with Crippen LogP contribution in [0.5, 0.6) is 0 Å². The van der Waals surface area contributed by atoms with Crippen molar-refractivity contribution in [3.05, 3.63) is 28.9 Å². The van der Waals surface area contributed by atoms with E-state index in [1.165, 1.54) is 10.8 Å². The van der Waals surface area contributed by atoms with Crippen LogP contribution in [0.2, 0.25) is 0 Å². The average molecular weight is 264 g/mol. The van der Waals surface area contributed by atoms with Crippen molar-refractivity contribution in [3.63, 3.8) is 0 Å². The Morgan fingerprint density at radius 1 is 1.53 bits per heavy atom. The van der Waals surface area contributed by atoms with Crippen molar-refractivity contribution < 1.29 is 4.79 Å². The third-order valence-corrected chi connectivity index (χ3v) is 3.71. The molecule has 1 fully saturated rings. The van der Waals surface area contributed by atoms with E-state index in [4.69, 9.17) is 5.73 Å². The van der Waals surface area contributed by atoms with Crippen LogP contribution < -0.4 is 11.4 Å². The summed E-state index contributed by atoms with van der Waals surface area (Å²) in [5.41, 5.74) is 5.65. The van der Waals surface area contributed by atoms with Gasteiger partial charge < -0.3 is 10.6 Å². The molecule has 2 heterocycles. The zero-order valence-electron chi connectivity index (χ0n) is 11.3. The molecule has 0 spiro atoms. The van der Waals surface area contributed by atoms with Gasteiger partial charge in [-0.3, -0.25) is 9.36 Å². The first-order chi connectivity index (χ1) is 8.99. The summed E-state index contributed by atoms with van der Waals surface area (Å²) in [6, 6.07) is 1.66. The Labute approximate surface area is 112 Å². The standard InChI is InChI=1S/C13H20N4O2/c1-9(2)10-6-17(7-11(10)14)12(18)8-16-5-3-4-15-13(16)19/h3-5,9-11H,6-8,14H2,1-2H3/t10-,11+/m1/s1. The van der Waals surface area contributed by atoms with Crippen LogP contribution in [0, 0.1) is 11.8 Å². The monoisotopic (exact) mass is 264 g/mol. The SMILES string of the molecule is CC(C)[C@H]1CN(C(=O)Cn2cccnc2=O)C[C@@H]1N. The zero-order chi connectivity index (χ0) is 14.0. The Balaban J connectivity index is 2.03. The maximum atomic E-state index is 12.2. The van der Waals surface area contributed by atoms with E-state index in [1.54, 1.807) is 17.2 Å². The summed E-state index contributed by atoms with van der Waals surface area (Å²) in [5, 5.41) is 0. The van der Waals surface area contributed by atoms with Crippen molar-refractivity contribution in [1.82, 2.24) is 14.5 Å². The summed E-state index contributed by atoms with van der Waals surface area (Å²) in [6.45, 7) is 5.50. The van der Waals surface area contributed by atoms with E-state index in [0.717, 1.165) is 0 Å². The Bertz CT molecular complexity index is 511.